The number of nitriles is 1. The highest BCUT2D eigenvalue weighted by atomic mass is 35.5. The van der Waals surface area contributed by atoms with Crippen LogP contribution in [-0.2, 0) is 9.53 Å². The summed E-state index contributed by atoms with van der Waals surface area (Å²) in [5.41, 5.74) is 1.23. The van der Waals surface area contributed by atoms with E-state index in [1.165, 1.54) is 0 Å². The molecule has 2 rings (SSSR count). The van der Waals surface area contributed by atoms with Crippen LogP contribution >= 0.6 is 11.6 Å². The first kappa shape index (κ1) is 22.1. The van der Waals surface area contributed by atoms with Crippen LogP contribution in [0.15, 0.2) is 36.0 Å². The summed E-state index contributed by atoms with van der Waals surface area (Å²) in [4.78, 5) is 16.5. The van der Waals surface area contributed by atoms with Crippen molar-refractivity contribution < 1.29 is 9.53 Å². The SMILES string of the molecule is CCCCOCCCNC(=O)/C(C#N)=C\N1CCN(c2cccc(Cl)c2)CC1. The first-order chi connectivity index (χ1) is 13.6. The number of halogens is 1. The highest BCUT2D eigenvalue weighted by molar-refractivity contribution is 6.30. The van der Waals surface area contributed by atoms with Gasteiger partial charge in [0, 0.05) is 62.8 Å². The van der Waals surface area contributed by atoms with Crippen LogP contribution in [0.3, 0.4) is 0 Å². The zero-order valence-electron chi connectivity index (χ0n) is 16.5. The van der Waals surface area contributed by atoms with Gasteiger partial charge in [0.15, 0.2) is 0 Å². The predicted molar refractivity (Wildman–Crippen MR) is 112 cm³/mol. The van der Waals surface area contributed by atoms with Crippen molar-refractivity contribution >= 4 is 23.2 Å². The Morgan fingerprint density at radius 1 is 1.29 bits per heavy atom. The number of piperazine rings is 1. The minimum atomic E-state index is -0.326. The van der Waals surface area contributed by atoms with Crippen molar-refractivity contribution in [2.24, 2.45) is 0 Å². The van der Waals surface area contributed by atoms with Crippen molar-refractivity contribution in [3.05, 3.63) is 41.1 Å². The van der Waals surface area contributed by atoms with E-state index in [-0.39, 0.29) is 11.5 Å². The molecule has 0 saturated carbocycles. The Labute approximate surface area is 172 Å². The number of ether oxygens (including phenoxy) is 1. The molecule has 1 aliphatic rings. The quantitative estimate of drug-likeness (QED) is 0.368. The lowest BCUT2D eigenvalue weighted by molar-refractivity contribution is -0.117. The monoisotopic (exact) mass is 404 g/mol. The average Bonchev–Trinajstić information content (AvgIpc) is 2.71. The average molecular weight is 405 g/mol. The number of nitrogens with one attached hydrogen (secondary N) is 1. The molecular weight excluding hydrogens is 376 g/mol. The third-order valence-corrected chi connectivity index (χ3v) is 4.79. The van der Waals surface area contributed by atoms with E-state index < -0.39 is 0 Å². The van der Waals surface area contributed by atoms with Crippen molar-refractivity contribution in [3.63, 3.8) is 0 Å². The Hall–Kier alpha value is -2.23. The van der Waals surface area contributed by atoms with Gasteiger partial charge in [0.2, 0.25) is 0 Å². The molecule has 0 unspecified atom stereocenters. The summed E-state index contributed by atoms with van der Waals surface area (Å²) in [6.07, 6.45) is 4.58. The molecule has 1 amide bonds. The molecule has 0 bridgehead atoms. The molecule has 0 aliphatic carbocycles. The van der Waals surface area contributed by atoms with Gasteiger partial charge >= 0.3 is 0 Å². The number of carbonyl (C=O) groups is 1. The molecule has 1 saturated heterocycles. The van der Waals surface area contributed by atoms with E-state index in [9.17, 15) is 10.1 Å². The first-order valence-corrected chi connectivity index (χ1v) is 10.2. The molecule has 1 aromatic rings. The summed E-state index contributed by atoms with van der Waals surface area (Å²) in [6.45, 7) is 7.13. The van der Waals surface area contributed by atoms with Gasteiger partial charge in [-0.3, -0.25) is 4.79 Å². The highest BCUT2D eigenvalue weighted by Gasteiger charge is 2.17. The van der Waals surface area contributed by atoms with Crippen LogP contribution in [0.5, 0.6) is 0 Å². The van der Waals surface area contributed by atoms with Crippen LogP contribution in [-0.4, -0.2) is 56.7 Å². The van der Waals surface area contributed by atoms with E-state index in [0.717, 1.165) is 62.8 Å². The molecule has 1 heterocycles. The van der Waals surface area contributed by atoms with Gasteiger partial charge in [-0.15, -0.1) is 0 Å². The third-order valence-electron chi connectivity index (χ3n) is 4.56. The normalized spacial score (nSPS) is 14.7. The number of hydrogen-bond donors (Lipinski definition) is 1. The molecule has 28 heavy (non-hydrogen) atoms. The number of hydrogen-bond acceptors (Lipinski definition) is 5. The van der Waals surface area contributed by atoms with Crippen LogP contribution in [0.2, 0.25) is 5.02 Å². The first-order valence-electron chi connectivity index (χ1n) is 9.86. The number of carbonyl (C=O) groups excluding carboxylic acids is 1. The molecule has 0 spiro atoms. The Kier molecular flexibility index (Phi) is 9.67. The Morgan fingerprint density at radius 2 is 2.04 bits per heavy atom. The molecule has 6 nitrogen and oxygen atoms in total. The standard InChI is InChI=1S/C21H29ClN4O2/c1-2-3-13-28-14-5-8-24-21(27)18(16-23)17-25-9-11-26(12-10-25)20-7-4-6-19(22)15-20/h4,6-7,15,17H,2-3,5,8-14H2,1H3,(H,24,27)/b18-17-. The van der Waals surface area contributed by atoms with E-state index >= 15 is 0 Å². The van der Waals surface area contributed by atoms with Gasteiger partial charge in [-0.2, -0.15) is 5.26 Å². The van der Waals surface area contributed by atoms with Crippen molar-refractivity contribution in [1.29, 1.82) is 5.26 Å². The topological polar surface area (TPSA) is 68.6 Å². The van der Waals surface area contributed by atoms with Gasteiger partial charge in [-0.25, -0.2) is 0 Å². The fraction of sp³-hybridized carbons (Fsp3) is 0.524. The second-order valence-electron chi connectivity index (χ2n) is 6.73. The summed E-state index contributed by atoms with van der Waals surface area (Å²) in [7, 11) is 0. The minimum absolute atomic E-state index is 0.142. The minimum Gasteiger partial charge on any atom is -0.381 e. The Bertz CT molecular complexity index is 694. The zero-order chi connectivity index (χ0) is 20.2. The number of rotatable bonds is 10. The molecule has 0 aromatic heterocycles. The lowest BCUT2D eigenvalue weighted by Gasteiger charge is -2.35. The summed E-state index contributed by atoms with van der Waals surface area (Å²) in [5, 5.41) is 12.8. The second-order valence-corrected chi connectivity index (χ2v) is 7.17. The number of nitrogens with zero attached hydrogens (tertiary/aromatic N) is 3. The molecule has 7 heteroatoms. The lowest BCUT2D eigenvalue weighted by atomic mass is 10.2. The maximum absolute atomic E-state index is 12.2. The molecule has 1 N–H and O–H groups in total. The van der Waals surface area contributed by atoms with E-state index in [2.05, 4.69) is 17.1 Å². The number of anilines is 1. The fourth-order valence-corrected chi connectivity index (χ4v) is 3.11. The Balaban J connectivity index is 1.75. The van der Waals surface area contributed by atoms with Gasteiger partial charge in [-0.05, 0) is 31.0 Å². The van der Waals surface area contributed by atoms with E-state index in [4.69, 9.17) is 16.3 Å². The molecule has 0 radical (unpaired) electrons. The van der Waals surface area contributed by atoms with Crippen LogP contribution < -0.4 is 10.2 Å². The Morgan fingerprint density at radius 3 is 2.71 bits per heavy atom. The largest absolute Gasteiger partial charge is 0.381 e. The van der Waals surface area contributed by atoms with Crippen LogP contribution in [0.4, 0.5) is 5.69 Å². The molecule has 1 fully saturated rings. The molecular formula is C21H29ClN4O2. The van der Waals surface area contributed by atoms with E-state index in [0.29, 0.717) is 13.2 Å². The molecule has 152 valence electrons. The third kappa shape index (κ3) is 7.41. The van der Waals surface area contributed by atoms with Crippen LogP contribution in [0.1, 0.15) is 26.2 Å². The number of amides is 1. The van der Waals surface area contributed by atoms with Gasteiger partial charge in [-0.1, -0.05) is 31.0 Å². The van der Waals surface area contributed by atoms with Crippen LogP contribution in [0, 0.1) is 11.3 Å². The van der Waals surface area contributed by atoms with Crippen molar-refractivity contribution in [2.45, 2.75) is 26.2 Å². The molecule has 1 aliphatic heterocycles. The van der Waals surface area contributed by atoms with Crippen molar-refractivity contribution in [2.75, 3.05) is 50.8 Å². The fourth-order valence-electron chi connectivity index (χ4n) is 2.92. The van der Waals surface area contributed by atoms with Crippen molar-refractivity contribution in [1.82, 2.24) is 10.2 Å². The highest BCUT2D eigenvalue weighted by Crippen LogP contribution is 2.21. The van der Waals surface area contributed by atoms with Crippen LogP contribution in [0.25, 0.3) is 0 Å². The lowest BCUT2D eigenvalue weighted by Crippen LogP contribution is -2.44. The summed E-state index contributed by atoms with van der Waals surface area (Å²) in [6, 6.07) is 9.81. The maximum Gasteiger partial charge on any atom is 0.263 e. The van der Waals surface area contributed by atoms with Gasteiger partial charge < -0.3 is 19.9 Å². The summed E-state index contributed by atoms with van der Waals surface area (Å²) in [5.74, 6) is -0.326. The zero-order valence-corrected chi connectivity index (χ0v) is 17.2. The van der Waals surface area contributed by atoms with E-state index in [1.807, 2.05) is 35.2 Å². The van der Waals surface area contributed by atoms with Crippen molar-refractivity contribution in [3.8, 4) is 6.07 Å². The van der Waals surface area contributed by atoms with Gasteiger partial charge in [0.05, 0.1) is 0 Å². The van der Waals surface area contributed by atoms with E-state index in [1.54, 1.807) is 6.20 Å². The number of benzene rings is 1. The summed E-state index contributed by atoms with van der Waals surface area (Å²) >= 11 is 6.06. The number of unbranched alkanes of at least 4 members (excludes halogenated alkanes) is 1. The maximum atomic E-state index is 12.2. The summed E-state index contributed by atoms with van der Waals surface area (Å²) < 4.78 is 5.47. The van der Waals surface area contributed by atoms with Gasteiger partial charge in [0.1, 0.15) is 11.6 Å². The molecule has 1 aromatic carbocycles. The molecule has 0 atom stereocenters. The van der Waals surface area contributed by atoms with Gasteiger partial charge in [0.25, 0.3) is 5.91 Å². The predicted octanol–water partition coefficient (Wildman–Crippen LogP) is 3.19. The second kappa shape index (κ2) is 12.3. The smallest absolute Gasteiger partial charge is 0.263 e.